The van der Waals surface area contributed by atoms with E-state index in [9.17, 15) is 8.42 Å². The van der Waals surface area contributed by atoms with E-state index in [1.807, 2.05) is 48.5 Å². The summed E-state index contributed by atoms with van der Waals surface area (Å²) in [5.41, 5.74) is 9.67. The van der Waals surface area contributed by atoms with E-state index in [1.165, 1.54) is 5.56 Å². The van der Waals surface area contributed by atoms with Crippen molar-refractivity contribution in [3.63, 3.8) is 0 Å². The van der Waals surface area contributed by atoms with Gasteiger partial charge in [-0.05, 0) is 41.7 Å². The highest BCUT2D eigenvalue weighted by Gasteiger charge is 2.25. The summed E-state index contributed by atoms with van der Waals surface area (Å²) in [5, 5.41) is -0.896. The number of nitrogens with zero attached hydrogens (tertiary/aromatic N) is 2. The maximum atomic E-state index is 13.1. The Kier molecular flexibility index (Phi) is 7.93. The van der Waals surface area contributed by atoms with Crippen molar-refractivity contribution in [1.82, 2.24) is 9.80 Å². The highest BCUT2D eigenvalue weighted by molar-refractivity contribution is 7.92. The molecule has 6 heteroatoms. The molecule has 1 aliphatic heterocycles. The van der Waals surface area contributed by atoms with Crippen molar-refractivity contribution in [2.45, 2.75) is 29.7 Å². The molecule has 0 aromatic heterocycles. The van der Waals surface area contributed by atoms with E-state index >= 15 is 0 Å². The lowest BCUT2D eigenvalue weighted by atomic mass is 10.1. The van der Waals surface area contributed by atoms with Gasteiger partial charge in [-0.1, -0.05) is 72.8 Å². The average Bonchev–Trinajstić information content (AvgIpc) is 2.85. The SMILES string of the molecule is NC(CCN1CCN(Cc2ccccc2)CC1)S(=O)(=O)c1cccc(Cc2ccccc2)c1. The Hall–Kier alpha value is -2.51. The van der Waals surface area contributed by atoms with Gasteiger partial charge < -0.3 is 10.6 Å². The number of hydrogen-bond donors (Lipinski definition) is 1. The lowest BCUT2D eigenvalue weighted by Gasteiger charge is -2.35. The number of nitrogens with two attached hydrogens (primary N) is 1. The molecule has 0 amide bonds. The summed E-state index contributed by atoms with van der Waals surface area (Å²) in [6.07, 6.45) is 1.14. The molecule has 33 heavy (non-hydrogen) atoms. The fourth-order valence-corrected chi connectivity index (χ4v) is 5.67. The zero-order chi connectivity index (χ0) is 23.1. The van der Waals surface area contributed by atoms with E-state index in [0.717, 1.165) is 43.9 Å². The van der Waals surface area contributed by atoms with Crippen LogP contribution in [0.3, 0.4) is 0 Å². The van der Waals surface area contributed by atoms with Gasteiger partial charge in [0.1, 0.15) is 5.37 Å². The van der Waals surface area contributed by atoms with Gasteiger partial charge in [-0.3, -0.25) is 4.90 Å². The van der Waals surface area contributed by atoms with Crippen molar-refractivity contribution in [3.05, 3.63) is 102 Å². The monoisotopic (exact) mass is 463 g/mol. The van der Waals surface area contributed by atoms with Crippen LogP contribution in [0.25, 0.3) is 0 Å². The Balaban J connectivity index is 1.28. The molecule has 3 aromatic carbocycles. The summed E-state index contributed by atoms with van der Waals surface area (Å²) in [7, 11) is -3.57. The molecule has 1 saturated heterocycles. The molecule has 174 valence electrons. The van der Waals surface area contributed by atoms with Crippen molar-refractivity contribution in [3.8, 4) is 0 Å². The van der Waals surface area contributed by atoms with Gasteiger partial charge in [0, 0.05) is 39.3 Å². The number of rotatable bonds is 9. The van der Waals surface area contributed by atoms with Crippen LogP contribution < -0.4 is 5.73 Å². The Morgan fingerprint density at radius 3 is 1.97 bits per heavy atom. The van der Waals surface area contributed by atoms with E-state index in [1.54, 1.807) is 12.1 Å². The largest absolute Gasteiger partial charge is 0.315 e. The number of hydrogen-bond acceptors (Lipinski definition) is 5. The van der Waals surface area contributed by atoms with Crippen LogP contribution in [0.15, 0.2) is 89.8 Å². The fourth-order valence-electron chi connectivity index (χ4n) is 4.32. The molecule has 2 N–H and O–H groups in total. The summed E-state index contributed by atoms with van der Waals surface area (Å²) < 4.78 is 26.2. The first kappa shape index (κ1) is 23.6. The maximum Gasteiger partial charge on any atom is 0.194 e. The topological polar surface area (TPSA) is 66.6 Å². The van der Waals surface area contributed by atoms with Crippen LogP contribution >= 0.6 is 0 Å². The van der Waals surface area contributed by atoms with Gasteiger partial charge in [0.2, 0.25) is 0 Å². The number of sulfone groups is 1. The first-order valence-electron chi connectivity index (χ1n) is 11.6. The summed E-state index contributed by atoms with van der Waals surface area (Å²) >= 11 is 0. The molecule has 0 radical (unpaired) electrons. The second kappa shape index (κ2) is 11.1. The van der Waals surface area contributed by atoms with Crippen LogP contribution in [0.2, 0.25) is 0 Å². The van der Waals surface area contributed by atoms with Crippen molar-refractivity contribution in [1.29, 1.82) is 0 Å². The molecule has 1 atom stereocenters. The first-order valence-corrected chi connectivity index (χ1v) is 13.2. The van der Waals surface area contributed by atoms with E-state index in [2.05, 4.69) is 34.1 Å². The molecule has 1 aliphatic rings. The normalized spacial score (nSPS) is 16.5. The van der Waals surface area contributed by atoms with Crippen LogP contribution in [0.4, 0.5) is 0 Å². The van der Waals surface area contributed by atoms with Gasteiger partial charge in [-0.15, -0.1) is 0 Å². The van der Waals surface area contributed by atoms with Crippen molar-refractivity contribution in [2.24, 2.45) is 5.73 Å². The van der Waals surface area contributed by atoms with Gasteiger partial charge in [-0.2, -0.15) is 0 Å². The van der Waals surface area contributed by atoms with Crippen molar-refractivity contribution < 1.29 is 8.42 Å². The molecular weight excluding hydrogens is 430 g/mol. The molecule has 0 aliphatic carbocycles. The van der Waals surface area contributed by atoms with Crippen molar-refractivity contribution in [2.75, 3.05) is 32.7 Å². The Morgan fingerprint density at radius 2 is 1.30 bits per heavy atom. The minimum atomic E-state index is -3.57. The summed E-state index contributed by atoms with van der Waals surface area (Å²) in [4.78, 5) is 5.08. The zero-order valence-corrected chi connectivity index (χ0v) is 19.8. The van der Waals surface area contributed by atoms with Crippen LogP contribution in [-0.2, 0) is 22.8 Å². The molecule has 4 rings (SSSR count). The first-order chi connectivity index (χ1) is 16.0. The van der Waals surface area contributed by atoms with Gasteiger partial charge in [-0.25, -0.2) is 8.42 Å². The zero-order valence-electron chi connectivity index (χ0n) is 19.0. The van der Waals surface area contributed by atoms with E-state index in [0.29, 0.717) is 24.3 Å². The van der Waals surface area contributed by atoms with Crippen LogP contribution in [0, 0.1) is 0 Å². The van der Waals surface area contributed by atoms with Gasteiger partial charge in [0.15, 0.2) is 9.84 Å². The second-order valence-electron chi connectivity index (χ2n) is 8.79. The molecule has 0 bridgehead atoms. The minimum absolute atomic E-state index is 0.316. The van der Waals surface area contributed by atoms with Crippen LogP contribution in [0.1, 0.15) is 23.1 Å². The standard InChI is InChI=1S/C27H33N3O2S/c28-27(14-15-29-16-18-30(19-17-29)22-24-10-5-2-6-11-24)33(31,32)26-13-7-12-25(21-26)20-23-8-3-1-4-9-23/h1-13,21,27H,14-20,22,28H2. The molecule has 1 heterocycles. The predicted octanol–water partition coefficient (Wildman–Crippen LogP) is 3.54. The quantitative estimate of drug-likeness (QED) is 0.526. The van der Waals surface area contributed by atoms with Gasteiger partial charge >= 0.3 is 0 Å². The Morgan fingerprint density at radius 1 is 0.727 bits per heavy atom. The van der Waals surface area contributed by atoms with E-state index in [-0.39, 0.29) is 0 Å². The third-order valence-electron chi connectivity index (χ3n) is 6.32. The fraction of sp³-hybridized carbons (Fsp3) is 0.333. The third-order valence-corrected chi connectivity index (χ3v) is 8.26. The maximum absolute atomic E-state index is 13.1. The molecular formula is C27H33N3O2S. The minimum Gasteiger partial charge on any atom is -0.315 e. The Labute approximate surface area is 197 Å². The van der Waals surface area contributed by atoms with E-state index < -0.39 is 15.2 Å². The highest BCUT2D eigenvalue weighted by atomic mass is 32.2. The Bertz CT molecular complexity index is 1110. The molecule has 1 unspecified atom stereocenters. The molecule has 1 fully saturated rings. The average molecular weight is 464 g/mol. The predicted molar refractivity (Wildman–Crippen MR) is 134 cm³/mol. The second-order valence-corrected chi connectivity index (χ2v) is 11.0. The van der Waals surface area contributed by atoms with E-state index in [4.69, 9.17) is 5.73 Å². The lowest BCUT2D eigenvalue weighted by Crippen LogP contribution is -2.47. The molecule has 0 spiro atoms. The smallest absolute Gasteiger partial charge is 0.194 e. The third kappa shape index (κ3) is 6.51. The number of piperazine rings is 1. The van der Waals surface area contributed by atoms with Gasteiger partial charge in [0.25, 0.3) is 0 Å². The lowest BCUT2D eigenvalue weighted by molar-refractivity contribution is 0.126. The highest BCUT2D eigenvalue weighted by Crippen LogP contribution is 2.20. The summed E-state index contributed by atoms with van der Waals surface area (Å²) in [6.45, 7) is 5.50. The van der Waals surface area contributed by atoms with Crippen LogP contribution in [-0.4, -0.2) is 56.3 Å². The number of benzene rings is 3. The molecule has 5 nitrogen and oxygen atoms in total. The summed E-state index contributed by atoms with van der Waals surface area (Å²) in [6, 6.07) is 27.8. The molecule has 3 aromatic rings. The summed E-state index contributed by atoms with van der Waals surface area (Å²) in [5.74, 6) is 0. The van der Waals surface area contributed by atoms with Crippen molar-refractivity contribution >= 4 is 9.84 Å². The van der Waals surface area contributed by atoms with Crippen LogP contribution in [0.5, 0.6) is 0 Å². The molecule has 0 saturated carbocycles. The van der Waals surface area contributed by atoms with Gasteiger partial charge in [0.05, 0.1) is 4.90 Å².